The number of nitrogens with zero attached hydrogens (tertiary/aromatic N) is 3. The Balaban J connectivity index is 1.62. The van der Waals surface area contributed by atoms with Crippen molar-refractivity contribution in [1.82, 2.24) is 15.1 Å². The van der Waals surface area contributed by atoms with E-state index in [2.05, 4.69) is 28.1 Å². The lowest BCUT2D eigenvalue weighted by Crippen LogP contribution is -2.47. The molecule has 1 N–H and O–H groups in total. The first-order valence-corrected chi connectivity index (χ1v) is 6.92. The van der Waals surface area contributed by atoms with Gasteiger partial charge in [-0.1, -0.05) is 6.92 Å². The van der Waals surface area contributed by atoms with Crippen molar-refractivity contribution in [2.45, 2.75) is 38.3 Å². The van der Waals surface area contributed by atoms with Crippen LogP contribution in [0.1, 0.15) is 26.2 Å². The number of hydrogen-bond acceptors (Lipinski definition) is 4. The van der Waals surface area contributed by atoms with Gasteiger partial charge in [-0.3, -0.25) is 5.32 Å². The first-order valence-electron chi connectivity index (χ1n) is 6.92. The molecule has 0 amide bonds. The fourth-order valence-corrected chi connectivity index (χ4v) is 2.36. The minimum Gasteiger partial charge on any atom is -0.301 e. The van der Waals surface area contributed by atoms with Gasteiger partial charge in [-0.25, -0.2) is 0 Å². The van der Waals surface area contributed by atoms with Crippen LogP contribution in [-0.2, 0) is 0 Å². The normalized spacial score (nSPS) is 24.5. The molecule has 96 valence electrons. The number of nitriles is 1. The Labute approximate surface area is 105 Å². The Kier molecular flexibility index (Phi) is 4.78. The van der Waals surface area contributed by atoms with E-state index in [4.69, 9.17) is 5.26 Å². The van der Waals surface area contributed by atoms with Crippen LogP contribution in [0.25, 0.3) is 0 Å². The molecule has 1 heterocycles. The van der Waals surface area contributed by atoms with Gasteiger partial charge in [0.2, 0.25) is 0 Å². The standard InChI is InChI=1S/C13H24N4/c1-2-16-7-9-17(10-8-16)6-5-13(11-14)15-12-3-4-12/h12-13,15H,2-10H2,1H3. The molecule has 0 spiro atoms. The second-order valence-electron chi connectivity index (χ2n) is 5.19. The highest BCUT2D eigenvalue weighted by Crippen LogP contribution is 2.19. The van der Waals surface area contributed by atoms with E-state index in [1.165, 1.54) is 25.9 Å². The number of piperazine rings is 1. The third-order valence-corrected chi connectivity index (χ3v) is 3.82. The van der Waals surface area contributed by atoms with Crippen molar-refractivity contribution in [1.29, 1.82) is 5.26 Å². The van der Waals surface area contributed by atoms with E-state index in [9.17, 15) is 0 Å². The van der Waals surface area contributed by atoms with Crippen LogP contribution in [0.4, 0.5) is 0 Å². The molecule has 0 radical (unpaired) electrons. The van der Waals surface area contributed by atoms with Crippen molar-refractivity contribution in [2.75, 3.05) is 39.3 Å². The van der Waals surface area contributed by atoms with Crippen molar-refractivity contribution in [2.24, 2.45) is 0 Å². The van der Waals surface area contributed by atoms with Gasteiger partial charge in [0.1, 0.15) is 0 Å². The summed E-state index contributed by atoms with van der Waals surface area (Å²) in [4.78, 5) is 4.98. The zero-order valence-electron chi connectivity index (χ0n) is 10.9. The molecule has 4 heteroatoms. The molecule has 2 rings (SSSR count). The SMILES string of the molecule is CCN1CCN(CCC(C#N)NC2CC2)CC1. The molecule has 1 unspecified atom stereocenters. The van der Waals surface area contributed by atoms with Crippen molar-refractivity contribution in [3.8, 4) is 6.07 Å². The van der Waals surface area contributed by atoms with Crippen molar-refractivity contribution < 1.29 is 0 Å². The van der Waals surface area contributed by atoms with Gasteiger partial charge >= 0.3 is 0 Å². The van der Waals surface area contributed by atoms with Crippen LogP contribution < -0.4 is 5.32 Å². The van der Waals surface area contributed by atoms with Gasteiger partial charge in [-0.15, -0.1) is 0 Å². The number of nitrogens with one attached hydrogen (secondary N) is 1. The second-order valence-corrected chi connectivity index (χ2v) is 5.19. The molecule has 1 saturated heterocycles. The molecule has 1 aliphatic heterocycles. The first-order chi connectivity index (χ1) is 8.31. The monoisotopic (exact) mass is 236 g/mol. The van der Waals surface area contributed by atoms with Gasteiger partial charge in [0, 0.05) is 38.8 Å². The lowest BCUT2D eigenvalue weighted by atomic mass is 10.2. The summed E-state index contributed by atoms with van der Waals surface area (Å²) in [5.74, 6) is 0. The summed E-state index contributed by atoms with van der Waals surface area (Å²) in [6.07, 6.45) is 3.49. The number of rotatable bonds is 6. The van der Waals surface area contributed by atoms with Crippen LogP contribution >= 0.6 is 0 Å². The highest BCUT2D eigenvalue weighted by atomic mass is 15.3. The summed E-state index contributed by atoms with van der Waals surface area (Å²) >= 11 is 0. The molecule has 1 aliphatic carbocycles. The van der Waals surface area contributed by atoms with E-state index >= 15 is 0 Å². The van der Waals surface area contributed by atoms with Crippen molar-refractivity contribution in [3.63, 3.8) is 0 Å². The fourth-order valence-electron chi connectivity index (χ4n) is 2.36. The fraction of sp³-hybridized carbons (Fsp3) is 0.923. The molecule has 4 nitrogen and oxygen atoms in total. The average Bonchev–Trinajstić information content (AvgIpc) is 3.19. The second kappa shape index (κ2) is 6.34. The molecular weight excluding hydrogens is 212 g/mol. The molecule has 2 fully saturated rings. The molecule has 0 bridgehead atoms. The summed E-state index contributed by atoms with van der Waals surface area (Å²) in [5.41, 5.74) is 0. The zero-order chi connectivity index (χ0) is 12.1. The van der Waals surface area contributed by atoms with E-state index in [0.29, 0.717) is 6.04 Å². The van der Waals surface area contributed by atoms with Crippen LogP contribution in [0.3, 0.4) is 0 Å². The van der Waals surface area contributed by atoms with Crippen LogP contribution in [0.2, 0.25) is 0 Å². The lowest BCUT2D eigenvalue weighted by molar-refractivity contribution is 0.134. The van der Waals surface area contributed by atoms with Gasteiger partial charge in [-0.05, 0) is 25.8 Å². The maximum absolute atomic E-state index is 9.07. The Bertz CT molecular complexity index is 261. The van der Waals surface area contributed by atoms with Crippen LogP contribution in [0.5, 0.6) is 0 Å². The number of hydrogen-bond donors (Lipinski definition) is 1. The maximum atomic E-state index is 9.07. The lowest BCUT2D eigenvalue weighted by Gasteiger charge is -2.34. The van der Waals surface area contributed by atoms with Crippen molar-refractivity contribution in [3.05, 3.63) is 0 Å². The van der Waals surface area contributed by atoms with Gasteiger partial charge < -0.3 is 9.80 Å². The van der Waals surface area contributed by atoms with Gasteiger partial charge in [-0.2, -0.15) is 5.26 Å². The van der Waals surface area contributed by atoms with Crippen LogP contribution in [0, 0.1) is 11.3 Å². The molecule has 2 aliphatic rings. The summed E-state index contributed by atoms with van der Waals surface area (Å²) in [6.45, 7) is 9.15. The van der Waals surface area contributed by atoms with E-state index in [1.807, 2.05) is 0 Å². The summed E-state index contributed by atoms with van der Waals surface area (Å²) in [7, 11) is 0. The molecule has 0 aromatic carbocycles. The Hall–Kier alpha value is -0.630. The number of likely N-dealkylation sites (N-methyl/N-ethyl adjacent to an activating group) is 1. The highest BCUT2D eigenvalue weighted by molar-refractivity contribution is 4.96. The van der Waals surface area contributed by atoms with Crippen LogP contribution in [0.15, 0.2) is 0 Å². The van der Waals surface area contributed by atoms with Gasteiger partial charge in [0.25, 0.3) is 0 Å². The van der Waals surface area contributed by atoms with Crippen LogP contribution in [-0.4, -0.2) is 61.2 Å². The quantitative estimate of drug-likeness (QED) is 0.735. The summed E-state index contributed by atoms with van der Waals surface area (Å²) in [6, 6.07) is 3.08. The average molecular weight is 236 g/mol. The third kappa shape index (κ3) is 4.27. The predicted octanol–water partition coefficient (Wildman–Crippen LogP) is 0.658. The third-order valence-electron chi connectivity index (χ3n) is 3.82. The first kappa shape index (κ1) is 12.8. The van der Waals surface area contributed by atoms with Gasteiger partial charge in [0.05, 0.1) is 12.1 Å². The smallest absolute Gasteiger partial charge is 0.0967 e. The largest absolute Gasteiger partial charge is 0.301 e. The predicted molar refractivity (Wildman–Crippen MR) is 68.7 cm³/mol. The molecule has 0 aromatic heterocycles. The van der Waals surface area contributed by atoms with E-state index < -0.39 is 0 Å². The Morgan fingerprint density at radius 3 is 2.41 bits per heavy atom. The molecule has 0 aromatic rings. The Morgan fingerprint density at radius 1 is 1.24 bits per heavy atom. The van der Waals surface area contributed by atoms with E-state index in [1.54, 1.807) is 0 Å². The molecule has 1 atom stereocenters. The zero-order valence-corrected chi connectivity index (χ0v) is 10.9. The Morgan fingerprint density at radius 2 is 1.88 bits per heavy atom. The van der Waals surface area contributed by atoms with Crippen molar-refractivity contribution >= 4 is 0 Å². The van der Waals surface area contributed by atoms with E-state index in [-0.39, 0.29) is 6.04 Å². The topological polar surface area (TPSA) is 42.3 Å². The molecular formula is C13H24N4. The highest BCUT2D eigenvalue weighted by Gasteiger charge is 2.25. The van der Waals surface area contributed by atoms with Gasteiger partial charge in [0.15, 0.2) is 0 Å². The van der Waals surface area contributed by atoms with E-state index in [0.717, 1.165) is 32.6 Å². The molecule has 1 saturated carbocycles. The molecule has 17 heavy (non-hydrogen) atoms. The summed E-state index contributed by atoms with van der Waals surface area (Å²) < 4.78 is 0. The minimum atomic E-state index is 0.0618. The minimum absolute atomic E-state index is 0.0618. The maximum Gasteiger partial charge on any atom is 0.0967 e. The summed E-state index contributed by atoms with van der Waals surface area (Å²) in [5, 5.41) is 12.5.